The molecule has 5 rings (SSSR count). The second-order valence-corrected chi connectivity index (χ2v) is 8.79. The third-order valence-corrected chi connectivity index (χ3v) is 6.25. The molecule has 0 aliphatic carbocycles. The number of ketones is 1. The predicted octanol–water partition coefficient (Wildman–Crippen LogP) is 6.31. The Bertz CT molecular complexity index is 1450. The van der Waals surface area contributed by atoms with Crippen molar-refractivity contribution >= 4 is 17.5 Å². The summed E-state index contributed by atoms with van der Waals surface area (Å²) >= 11 is 0. The third kappa shape index (κ3) is 5.44. The number of hydrogen-bond acceptors (Lipinski definition) is 4. The van der Waals surface area contributed by atoms with Gasteiger partial charge in [0.05, 0.1) is 23.9 Å². The van der Waals surface area contributed by atoms with Crippen LogP contribution < -0.4 is 20.1 Å². The highest BCUT2D eigenvalue weighted by Crippen LogP contribution is 2.37. The summed E-state index contributed by atoms with van der Waals surface area (Å²) in [5.74, 6) is 0.953. The van der Waals surface area contributed by atoms with Crippen LogP contribution in [0.2, 0.25) is 0 Å². The van der Waals surface area contributed by atoms with E-state index in [0.29, 0.717) is 47.1 Å². The number of rotatable bonds is 9. The molecule has 6 nitrogen and oxygen atoms in total. The zero-order valence-electron chi connectivity index (χ0n) is 21.0. The summed E-state index contributed by atoms with van der Waals surface area (Å²) in [4.78, 5) is 26.8. The number of carbonyl (C=O) groups excluding carboxylic acids is 2. The van der Waals surface area contributed by atoms with Crippen LogP contribution in [0.3, 0.4) is 0 Å². The zero-order valence-corrected chi connectivity index (χ0v) is 21.0. The maximum Gasteiger partial charge on any atom is 0.320 e. The van der Waals surface area contributed by atoms with Gasteiger partial charge in [0.25, 0.3) is 0 Å². The van der Waals surface area contributed by atoms with Crippen LogP contribution >= 0.6 is 0 Å². The highest BCUT2D eigenvalue weighted by molar-refractivity contribution is 6.16. The van der Waals surface area contributed by atoms with Crippen LogP contribution in [-0.4, -0.2) is 18.4 Å². The number of amides is 2. The van der Waals surface area contributed by atoms with Gasteiger partial charge in [0.1, 0.15) is 6.61 Å². The van der Waals surface area contributed by atoms with Crippen molar-refractivity contribution in [2.75, 3.05) is 6.61 Å². The van der Waals surface area contributed by atoms with Gasteiger partial charge in [0, 0.05) is 5.56 Å². The molecule has 190 valence electrons. The lowest BCUT2D eigenvalue weighted by Gasteiger charge is -2.30. The first-order valence-electron chi connectivity index (χ1n) is 12.5. The lowest BCUT2D eigenvalue weighted by Crippen LogP contribution is -2.45. The van der Waals surface area contributed by atoms with Crippen LogP contribution in [0.15, 0.2) is 115 Å². The van der Waals surface area contributed by atoms with Crippen LogP contribution in [-0.2, 0) is 6.61 Å². The summed E-state index contributed by atoms with van der Waals surface area (Å²) in [6.45, 7) is 2.72. The Hall–Kier alpha value is -4.84. The molecule has 6 heteroatoms. The van der Waals surface area contributed by atoms with Gasteiger partial charge < -0.3 is 20.1 Å². The van der Waals surface area contributed by atoms with E-state index in [9.17, 15) is 9.59 Å². The maximum atomic E-state index is 13.9. The van der Waals surface area contributed by atoms with E-state index in [2.05, 4.69) is 10.6 Å². The maximum absolute atomic E-state index is 13.9. The minimum atomic E-state index is -0.700. The molecule has 0 bridgehead atoms. The number of carbonyl (C=O) groups is 2. The van der Waals surface area contributed by atoms with Gasteiger partial charge in [-0.2, -0.15) is 0 Å². The first-order chi connectivity index (χ1) is 18.6. The predicted molar refractivity (Wildman–Crippen MR) is 147 cm³/mol. The van der Waals surface area contributed by atoms with Crippen molar-refractivity contribution in [3.8, 4) is 11.5 Å². The van der Waals surface area contributed by atoms with E-state index >= 15 is 0 Å². The van der Waals surface area contributed by atoms with E-state index < -0.39 is 6.04 Å². The molecule has 0 spiro atoms. The SMILES string of the molecule is CCOc1cc([C@H]2NC(=O)NC(c3ccccc3)=C2C(=O)c2ccccc2)ccc1OCc1ccccc1. The Morgan fingerprint density at radius 3 is 2.13 bits per heavy atom. The fourth-order valence-electron chi connectivity index (χ4n) is 4.46. The van der Waals surface area contributed by atoms with Crippen molar-refractivity contribution < 1.29 is 19.1 Å². The summed E-state index contributed by atoms with van der Waals surface area (Å²) in [6.07, 6.45) is 0. The van der Waals surface area contributed by atoms with Crippen molar-refractivity contribution in [1.29, 1.82) is 0 Å². The second kappa shape index (κ2) is 11.5. The molecule has 2 amide bonds. The highest BCUT2D eigenvalue weighted by atomic mass is 16.5. The molecular formula is C32H28N2O4. The minimum Gasteiger partial charge on any atom is -0.490 e. The monoisotopic (exact) mass is 504 g/mol. The molecule has 1 aliphatic rings. The van der Waals surface area contributed by atoms with Gasteiger partial charge >= 0.3 is 6.03 Å². The standard InChI is InChI=1S/C32H28N2O4/c1-2-37-27-20-25(18-19-26(27)38-21-22-12-6-3-7-13-22)30-28(31(35)24-16-10-5-11-17-24)29(33-32(36)34-30)23-14-8-4-9-15-23/h3-20,30H,2,21H2,1H3,(H2,33,34,36)/t30-/m1/s1. The number of benzene rings is 4. The van der Waals surface area contributed by atoms with Crippen LogP contribution in [0.4, 0.5) is 4.79 Å². The molecule has 1 atom stereocenters. The molecule has 0 unspecified atom stereocenters. The first-order valence-corrected chi connectivity index (χ1v) is 12.5. The van der Waals surface area contributed by atoms with Gasteiger partial charge in [-0.3, -0.25) is 4.79 Å². The molecule has 0 saturated carbocycles. The normalized spacial score (nSPS) is 14.9. The van der Waals surface area contributed by atoms with Gasteiger partial charge in [-0.25, -0.2) is 4.79 Å². The van der Waals surface area contributed by atoms with Crippen LogP contribution in [0.5, 0.6) is 11.5 Å². The summed E-state index contributed by atoms with van der Waals surface area (Å²) < 4.78 is 12.0. The van der Waals surface area contributed by atoms with E-state index in [1.807, 2.05) is 104 Å². The largest absolute Gasteiger partial charge is 0.490 e. The molecule has 4 aromatic carbocycles. The lowest BCUT2D eigenvalue weighted by atomic mass is 9.87. The Morgan fingerprint density at radius 1 is 0.789 bits per heavy atom. The molecule has 0 aromatic heterocycles. The quantitative estimate of drug-likeness (QED) is 0.262. The van der Waals surface area contributed by atoms with E-state index in [1.54, 1.807) is 12.1 Å². The van der Waals surface area contributed by atoms with Crippen LogP contribution in [0.25, 0.3) is 5.70 Å². The number of urea groups is 1. The molecule has 38 heavy (non-hydrogen) atoms. The second-order valence-electron chi connectivity index (χ2n) is 8.79. The van der Waals surface area contributed by atoms with Crippen molar-refractivity contribution in [2.24, 2.45) is 0 Å². The number of Topliss-reactive ketones (excluding diaryl/α,β-unsaturated/α-hetero) is 1. The van der Waals surface area contributed by atoms with E-state index in [-0.39, 0.29) is 11.8 Å². The van der Waals surface area contributed by atoms with Crippen LogP contribution in [0.1, 0.15) is 40.0 Å². The molecular weight excluding hydrogens is 476 g/mol. The molecule has 0 fully saturated rings. The molecule has 0 saturated heterocycles. The zero-order chi connectivity index (χ0) is 26.3. The van der Waals surface area contributed by atoms with Gasteiger partial charge in [0.15, 0.2) is 17.3 Å². The Balaban J connectivity index is 1.57. The Labute approximate surface area is 221 Å². The van der Waals surface area contributed by atoms with E-state index in [4.69, 9.17) is 9.47 Å². The Kier molecular flexibility index (Phi) is 7.50. The molecule has 0 radical (unpaired) electrons. The number of nitrogens with one attached hydrogen (secondary N) is 2. The van der Waals surface area contributed by atoms with Gasteiger partial charge in [0.2, 0.25) is 0 Å². The summed E-state index contributed by atoms with van der Waals surface area (Å²) in [7, 11) is 0. The average Bonchev–Trinajstić information content (AvgIpc) is 2.97. The Morgan fingerprint density at radius 2 is 1.45 bits per heavy atom. The minimum absolute atomic E-state index is 0.177. The van der Waals surface area contributed by atoms with Crippen molar-refractivity contribution in [3.63, 3.8) is 0 Å². The molecule has 1 heterocycles. The molecule has 2 N–H and O–H groups in total. The first kappa shape index (κ1) is 24.8. The highest BCUT2D eigenvalue weighted by Gasteiger charge is 2.34. The lowest BCUT2D eigenvalue weighted by molar-refractivity contribution is 0.102. The number of hydrogen-bond donors (Lipinski definition) is 2. The van der Waals surface area contributed by atoms with E-state index in [1.165, 1.54) is 0 Å². The number of ether oxygens (including phenoxy) is 2. The van der Waals surface area contributed by atoms with Crippen molar-refractivity contribution in [1.82, 2.24) is 10.6 Å². The fraction of sp³-hybridized carbons (Fsp3) is 0.125. The summed E-state index contributed by atoms with van der Waals surface area (Å²) in [5, 5.41) is 5.83. The average molecular weight is 505 g/mol. The van der Waals surface area contributed by atoms with Crippen molar-refractivity contribution in [3.05, 3.63) is 137 Å². The van der Waals surface area contributed by atoms with Gasteiger partial charge in [-0.15, -0.1) is 0 Å². The smallest absolute Gasteiger partial charge is 0.320 e. The molecule has 1 aliphatic heterocycles. The fourth-order valence-corrected chi connectivity index (χ4v) is 4.46. The molecule has 4 aromatic rings. The van der Waals surface area contributed by atoms with Gasteiger partial charge in [-0.1, -0.05) is 97.1 Å². The van der Waals surface area contributed by atoms with Crippen molar-refractivity contribution in [2.45, 2.75) is 19.6 Å². The third-order valence-electron chi connectivity index (χ3n) is 6.25. The van der Waals surface area contributed by atoms with Gasteiger partial charge in [-0.05, 0) is 35.7 Å². The summed E-state index contributed by atoms with van der Waals surface area (Å²) in [5.41, 5.74) is 3.96. The van der Waals surface area contributed by atoms with Crippen LogP contribution in [0, 0.1) is 0 Å². The topological polar surface area (TPSA) is 76.7 Å². The summed E-state index contributed by atoms with van der Waals surface area (Å²) in [6, 6.07) is 32.8. The van der Waals surface area contributed by atoms with E-state index in [0.717, 1.165) is 11.1 Å².